The van der Waals surface area contributed by atoms with E-state index in [9.17, 15) is 4.55 Å². The standard InChI is InChI=1S/C21H29NOS/c1-6-7-8-11-16(2)17-14-15-20(22-24(23)21(3,4)5)19-13-10-9-12-18(17)19/h6-13,17,20,22H,2,14-15H2,1,3-5H3/b7-6-,11-8-/t17-,20-,24?/m0/s1. The van der Waals surface area contributed by atoms with Gasteiger partial charge in [0, 0.05) is 17.3 Å². The van der Waals surface area contributed by atoms with Gasteiger partial charge in [0.1, 0.15) is 4.75 Å². The molecule has 0 amide bonds. The van der Waals surface area contributed by atoms with Crippen molar-refractivity contribution in [1.29, 1.82) is 0 Å². The van der Waals surface area contributed by atoms with Gasteiger partial charge in [0.25, 0.3) is 0 Å². The zero-order valence-electron chi connectivity index (χ0n) is 15.2. The predicted octanol–water partition coefficient (Wildman–Crippen LogP) is 5.35. The van der Waals surface area contributed by atoms with E-state index in [2.05, 4.69) is 41.6 Å². The second-order valence-corrected chi connectivity index (χ2v) is 9.27. The number of benzene rings is 1. The Labute approximate surface area is 150 Å². The van der Waals surface area contributed by atoms with Crippen molar-refractivity contribution in [3.05, 3.63) is 71.8 Å². The van der Waals surface area contributed by atoms with Gasteiger partial charge in [0.15, 0.2) is 0 Å². The van der Waals surface area contributed by atoms with Crippen LogP contribution in [0.25, 0.3) is 0 Å². The van der Waals surface area contributed by atoms with Gasteiger partial charge < -0.3 is 4.55 Å². The van der Waals surface area contributed by atoms with E-state index >= 15 is 0 Å². The van der Waals surface area contributed by atoms with E-state index < -0.39 is 11.4 Å². The van der Waals surface area contributed by atoms with Crippen molar-refractivity contribution >= 4 is 11.4 Å². The van der Waals surface area contributed by atoms with E-state index in [4.69, 9.17) is 0 Å². The molecule has 1 aromatic carbocycles. The lowest BCUT2D eigenvalue weighted by molar-refractivity contribution is 0.472. The van der Waals surface area contributed by atoms with E-state index in [1.165, 1.54) is 11.1 Å². The Morgan fingerprint density at radius 3 is 2.50 bits per heavy atom. The molecule has 24 heavy (non-hydrogen) atoms. The van der Waals surface area contributed by atoms with Crippen LogP contribution in [0.2, 0.25) is 0 Å². The fourth-order valence-electron chi connectivity index (χ4n) is 3.01. The van der Waals surface area contributed by atoms with Gasteiger partial charge in [0.05, 0.1) is 6.04 Å². The van der Waals surface area contributed by atoms with Gasteiger partial charge in [-0.25, -0.2) is 0 Å². The molecule has 0 saturated heterocycles. The summed E-state index contributed by atoms with van der Waals surface area (Å²) < 4.78 is 15.6. The molecular formula is C21H29NOS. The van der Waals surface area contributed by atoms with Crippen molar-refractivity contribution < 1.29 is 4.55 Å². The van der Waals surface area contributed by atoms with Crippen LogP contribution in [-0.2, 0) is 11.4 Å². The topological polar surface area (TPSA) is 35.1 Å². The maximum absolute atomic E-state index is 12.5. The van der Waals surface area contributed by atoms with Crippen molar-refractivity contribution in [1.82, 2.24) is 4.72 Å². The average Bonchev–Trinajstić information content (AvgIpc) is 2.54. The van der Waals surface area contributed by atoms with Crippen LogP contribution in [0.5, 0.6) is 0 Å². The van der Waals surface area contributed by atoms with Crippen molar-refractivity contribution in [3.8, 4) is 0 Å². The molecule has 130 valence electrons. The first kappa shape index (κ1) is 19.0. The molecule has 0 aromatic heterocycles. The normalized spacial score (nSPS) is 22.7. The van der Waals surface area contributed by atoms with Crippen LogP contribution >= 0.6 is 0 Å². The summed E-state index contributed by atoms with van der Waals surface area (Å²) in [6, 6.07) is 8.63. The first-order valence-corrected chi connectivity index (χ1v) is 9.74. The number of nitrogens with one attached hydrogen (secondary N) is 1. The SMILES string of the molecule is C=C(/C=C\C=C/C)[C@@H]1CC[C@H](N[S+]([O-])C(C)(C)C)c2ccccc21. The van der Waals surface area contributed by atoms with E-state index in [0.717, 1.165) is 18.4 Å². The molecule has 3 atom stereocenters. The van der Waals surface area contributed by atoms with E-state index in [-0.39, 0.29) is 10.8 Å². The molecular weight excluding hydrogens is 314 g/mol. The first-order valence-electron chi connectivity index (χ1n) is 8.59. The summed E-state index contributed by atoms with van der Waals surface area (Å²) in [5.41, 5.74) is 3.70. The zero-order chi connectivity index (χ0) is 17.7. The summed E-state index contributed by atoms with van der Waals surface area (Å²) in [5.74, 6) is 0.337. The molecule has 0 bridgehead atoms. The molecule has 1 aromatic rings. The smallest absolute Gasteiger partial charge is 0.136 e. The Morgan fingerprint density at radius 2 is 1.88 bits per heavy atom. The van der Waals surface area contributed by atoms with E-state index in [1.54, 1.807) is 0 Å². The molecule has 1 aliphatic carbocycles. The second kappa shape index (κ2) is 8.19. The lowest BCUT2D eigenvalue weighted by atomic mass is 9.77. The molecule has 0 saturated carbocycles. The molecule has 1 unspecified atom stereocenters. The fraction of sp³-hybridized carbons (Fsp3) is 0.429. The summed E-state index contributed by atoms with van der Waals surface area (Å²) in [5, 5.41) is 0. The third-order valence-electron chi connectivity index (χ3n) is 4.36. The Balaban J connectivity index is 2.23. The third-order valence-corrected chi connectivity index (χ3v) is 5.97. The van der Waals surface area contributed by atoms with Crippen molar-refractivity contribution in [2.45, 2.75) is 57.2 Å². The minimum absolute atomic E-state index is 0.143. The molecule has 1 N–H and O–H groups in total. The number of hydrogen-bond donors (Lipinski definition) is 1. The van der Waals surface area contributed by atoms with Crippen LogP contribution in [0.4, 0.5) is 0 Å². The summed E-state index contributed by atoms with van der Waals surface area (Å²) in [4.78, 5) is 0. The molecule has 3 heteroatoms. The maximum atomic E-state index is 12.5. The maximum Gasteiger partial charge on any atom is 0.136 e. The van der Waals surface area contributed by atoms with Gasteiger partial charge in [-0.05, 0) is 57.2 Å². The van der Waals surface area contributed by atoms with Crippen LogP contribution in [0.15, 0.2) is 60.7 Å². The molecule has 2 nitrogen and oxygen atoms in total. The number of hydrogen-bond acceptors (Lipinski definition) is 2. The second-order valence-electron chi connectivity index (χ2n) is 7.27. The highest BCUT2D eigenvalue weighted by Gasteiger charge is 2.34. The van der Waals surface area contributed by atoms with Gasteiger partial charge in [-0.2, -0.15) is 0 Å². The predicted molar refractivity (Wildman–Crippen MR) is 105 cm³/mol. The van der Waals surface area contributed by atoms with Gasteiger partial charge in [0.2, 0.25) is 0 Å². The van der Waals surface area contributed by atoms with Crippen LogP contribution in [0.3, 0.4) is 0 Å². The molecule has 0 fully saturated rings. The molecule has 1 aliphatic rings. The highest BCUT2D eigenvalue weighted by Crippen LogP contribution is 2.41. The number of rotatable bonds is 5. The lowest BCUT2D eigenvalue weighted by Crippen LogP contribution is -2.42. The first-order chi connectivity index (χ1) is 11.3. The van der Waals surface area contributed by atoms with Crippen molar-refractivity contribution in [3.63, 3.8) is 0 Å². The summed E-state index contributed by atoms with van der Waals surface area (Å²) in [7, 11) is 0. The van der Waals surface area contributed by atoms with Gasteiger partial charge in [-0.15, -0.1) is 4.72 Å². The Hall–Kier alpha value is -1.29. The Morgan fingerprint density at radius 1 is 1.21 bits per heavy atom. The summed E-state index contributed by atoms with van der Waals surface area (Å²) >= 11 is -1.07. The number of allylic oxidation sites excluding steroid dienone is 5. The summed E-state index contributed by atoms with van der Waals surface area (Å²) in [6.45, 7) is 12.3. The number of fused-ring (bicyclic) bond motifs is 1. The van der Waals surface area contributed by atoms with E-state index in [1.807, 2.05) is 45.9 Å². The zero-order valence-corrected chi connectivity index (χ0v) is 16.0. The van der Waals surface area contributed by atoms with Crippen molar-refractivity contribution in [2.75, 3.05) is 0 Å². The van der Waals surface area contributed by atoms with Gasteiger partial charge >= 0.3 is 0 Å². The lowest BCUT2D eigenvalue weighted by Gasteiger charge is -2.34. The van der Waals surface area contributed by atoms with Crippen molar-refractivity contribution in [2.24, 2.45) is 0 Å². The minimum atomic E-state index is -1.07. The van der Waals surface area contributed by atoms with Crippen LogP contribution < -0.4 is 4.72 Å². The highest BCUT2D eigenvalue weighted by atomic mass is 32.2. The quantitative estimate of drug-likeness (QED) is 0.578. The van der Waals surface area contributed by atoms with Gasteiger partial charge in [-0.3, -0.25) is 0 Å². The van der Waals surface area contributed by atoms with Gasteiger partial charge in [-0.1, -0.05) is 55.1 Å². The monoisotopic (exact) mass is 343 g/mol. The minimum Gasteiger partial charge on any atom is -0.598 e. The van der Waals surface area contributed by atoms with Crippen LogP contribution in [0.1, 0.15) is 63.6 Å². The van der Waals surface area contributed by atoms with Crippen LogP contribution in [-0.4, -0.2) is 9.30 Å². The molecule has 0 radical (unpaired) electrons. The molecule has 0 heterocycles. The molecule has 2 rings (SSSR count). The summed E-state index contributed by atoms with van der Waals surface area (Å²) in [6.07, 6.45) is 10.2. The Bertz CT molecular complexity index is 627. The highest BCUT2D eigenvalue weighted by molar-refractivity contribution is 7.90. The van der Waals surface area contributed by atoms with Crippen LogP contribution in [0, 0.1) is 0 Å². The fourth-order valence-corrected chi connectivity index (χ4v) is 3.87. The van der Waals surface area contributed by atoms with E-state index in [0.29, 0.717) is 5.92 Å². The third kappa shape index (κ3) is 4.62. The largest absolute Gasteiger partial charge is 0.598 e. The molecule has 0 aliphatic heterocycles. The molecule has 0 spiro atoms. The average molecular weight is 344 g/mol. The Kier molecular flexibility index (Phi) is 6.50.